The first kappa shape index (κ1) is 13.4. The highest BCUT2D eigenvalue weighted by atomic mass is 15.2. The number of hydrogen-bond donors (Lipinski definition) is 1. The van der Waals surface area contributed by atoms with Crippen molar-refractivity contribution < 1.29 is 0 Å². The molecule has 0 aliphatic heterocycles. The van der Waals surface area contributed by atoms with E-state index < -0.39 is 0 Å². The zero-order chi connectivity index (χ0) is 13.9. The lowest BCUT2D eigenvalue weighted by Crippen LogP contribution is -2.38. The van der Waals surface area contributed by atoms with Crippen LogP contribution < -0.4 is 5.32 Å². The van der Waals surface area contributed by atoms with Gasteiger partial charge in [0.15, 0.2) is 0 Å². The van der Waals surface area contributed by atoms with E-state index in [9.17, 15) is 0 Å². The molecule has 0 saturated carbocycles. The van der Waals surface area contributed by atoms with Crippen LogP contribution in [0.4, 0.5) is 0 Å². The maximum atomic E-state index is 4.51. The normalized spacial score (nSPS) is 19.6. The van der Waals surface area contributed by atoms with Gasteiger partial charge in [-0.05, 0) is 49.4 Å². The van der Waals surface area contributed by atoms with Crippen LogP contribution in [0.5, 0.6) is 0 Å². The molecule has 1 heterocycles. The van der Waals surface area contributed by atoms with Gasteiger partial charge in [-0.25, -0.2) is 0 Å². The van der Waals surface area contributed by atoms with Gasteiger partial charge in [0.2, 0.25) is 0 Å². The predicted molar refractivity (Wildman–Crippen MR) is 81.7 cm³/mol. The number of hydrogen-bond acceptors (Lipinski definition) is 2. The molecule has 3 heteroatoms. The average molecular weight is 269 g/mol. The van der Waals surface area contributed by atoms with Crippen LogP contribution in [-0.4, -0.2) is 22.9 Å². The molecular weight excluding hydrogens is 246 g/mol. The Kier molecular flexibility index (Phi) is 3.88. The van der Waals surface area contributed by atoms with Gasteiger partial charge in [0.1, 0.15) is 0 Å². The fraction of sp³-hybridized carbons (Fsp3) is 0.471. The molecule has 0 amide bonds. The second kappa shape index (κ2) is 5.80. The number of fused-ring (bicyclic) bond motifs is 1. The van der Waals surface area contributed by atoms with Crippen molar-refractivity contribution in [1.29, 1.82) is 0 Å². The molecule has 0 spiro atoms. The summed E-state index contributed by atoms with van der Waals surface area (Å²) in [6.45, 7) is 0. The van der Waals surface area contributed by atoms with E-state index in [0.717, 1.165) is 6.42 Å². The van der Waals surface area contributed by atoms with Gasteiger partial charge >= 0.3 is 0 Å². The second-order valence-electron chi connectivity index (χ2n) is 5.85. The molecule has 1 N–H and O–H groups in total. The van der Waals surface area contributed by atoms with Crippen LogP contribution in [0, 0.1) is 5.92 Å². The summed E-state index contributed by atoms with van der Waals surface area (Å²) in [5.41, 5.74) is 4.26. The van der Waals surface area contributed by atoms with Crippen LogP contribution in [0.1, 0.15) is 23.2 Å². The van der Waals surface area contributed by atoms with Gasteiger partial charge in [0.25, 0.3) is 0 Å². The molecule has 2 atom stereocenters. The summed E-state index contributed by atoms with van der Waals surface area (Å²) in [4.78, 5) is 0. The summed E-state index contributed by atoms with van der Waals surface area (Å²) >= 11 is 0. The molecule has 0 bridgehead atoms. The largest absolute Gasteiger partial charge is 0.316 e. The van der Waals surface area contributed by atoms with Gasteiger partial charge in [-0.15, -0.1) is 0 Å². The lowest BCUT2D eigenvalue weighted by molar-refractivity contribution is 0.331. The highest BCUT2D eigenvalue weighted by Crippen LogP contribution is 2.28. The van der Waals surface area contributed by atoms with E-state index in [2.05, 4.69) is 47.8 Å². The van der Waals surface area contributed by atoms with E-state index in [-0.39, 0.29) is 0 Å². The Bertz CT molecular complexity index is 573. The van der Waals surface area contributed by atoms with Gasteiger partial charge in [0.05, 0.1) is 5.69 Å². The number of aromatic nitrogens is 2. The predicted octanol–water partition coefficient (Wildman–Crippen LogP) is 2.36. The minimum atomic E-state index is 0.512. The first-order chi connectivity index (χ1) is 9.76. The van der Waals surface area contributed by atoms with Gasteiger partial charge < -0.3 is 5.32 Å². The molecule has 2 unspecified atom stereocenters. The summed E-state index contributed by atoms with van der Waals surface area (Å²) in [5.74, 6) is 0.705. The summed E-state index contributed by atoms with van der Waals surface area (Å²) in [7, 11) is 4.06. The van der Waals surface area contributed by atoms with Crippen molar-refractivity contribution in [3.63, 3.8) is 0 Å². The highest BCUT2D eigenvalue weighted by Gasteiger charge is 2.25. The molecule has 0 saturated heterocycles. The van der Waals surface area contributed by atoms with E-state index >= 15 is 0 Å². The molecule has 3 nitrogen and oxygen atoms in total. The molecule has 106 valence electrons. The smallest absolute Gasteiger partial charge is 0.0640 e. The maximum Gasteiger partial charge on any atom is 0.0640 e. The van der Waals surface area contributed by atoms with Crippen molar-refractivity contribution in [2.24, 2.45) is 13.0 Å². The minimum Gasteiger partial charge on any atom is -0.316 e. The highest BCUT2D eigenvalue weighted by molar-refractivity contribution is 5.30. The number of rotatable bonds is 4. The van der Waals surface area contributed by atoms with Crippen molar-refractivity contribution >= 4 is 0 Å². The van der Waals surface area contributed by atoms with E-state index in [1.54, 1.807) is 0 Å². The maximum absolute atomic E-state index is 4.51. The van der Waals surface area contributed by atoms with Crippen LogP contribution >= 0.6 is 0 Å². The monoisotopic (exact) mass is 269 g/mol. The van der Waals surface area contributed by atoms with E-state index in [4.69, 9.17) is 0 Å². The van der Waals surface area contributed by atoms with Crippen LogP contribution in [0.2, 0.25) is 0 Å². The van der Waals surface area contributed by atoms with Crippen LogP contribution in [0.25, 0.3) is 0 Å². The first-order valence-electron chi connectivity index (χ1n) is 7.49. The molecule has 3 rings (SSSR count). The summed E-state index contributed by atoms with van der Waals surface area (Å²) in [6.07, 6.45) is 6.72. The van der Waals surface area contributed by atoms with Crippen molar-refractivity contribution in [3.8, 4) is 0 Å². The summed E-state index contributed by atoms with van der Waals surface area (Å²) in [5, 5.41) is 8.03. The fourth-order valence-corrected chi connectivity index (χ4v) is 3.37. The Balaban J connectivity index is 1.71. The summed E-state index contributed by atoms with van der Waals surface area (Å²) in [6, 6.07) is 11.5. The average Bonchev–Trinajstić information content (AvgIpc) is 2.89. The van der Waals surface area contributed by atoms with Crippen molar-refractivity contribution in [2.45, 2.75) is 31.7 Å². The van der Waals surface area contributed by atoms with E-state index in [1.165, 1.54) is 36.1 Å². The molecule has 20 heavy (non-hydrogen) atoms. The SMILES string of the molecule is CNC(Cc1ccn(C)n1)C1CCc2ccccc2C1. The van der Waals surface area contributed by atoms with E-state index in [1.807, 2.05) is 17.9 Å². The standard InChI is InChI=1S/C17H23N3/c1-18-17(12-16-9-10-20(2)19-16)15-8-7-13-5-3-4-6-14(13)11-15/h3-6,9-10,15,17-18H,7-8,11-12H2,1-2H3. The van der Waals surface area contributed by atoms with Crippen LogP contribution in [-0.2, 0) is 26.3 Å². The quantitative estimate of drug-likeness (QED) is 0.923. The Morgan fingerprint density at radius 1 is 1.30 bits per heavy atom. The Morgan fingerprint density at radius 3 is 2.80 bits per heavy atom. The topological polar surface area (TPSA) is 29.9 Å². The molecule has 1 aliphatic carbocycles. The third-order valence-electron chi connectivity index (χ3n) is 4.52. The van der Waals surface area contributed by atoms with Crippen LogP contribution in [0.15, 0.2) is 36.5 Å². The lowest BCUT2D eigenvalue weighted by Gasteiger charge is -2.31. The fourth-order valence-electron chi connectivity index (χ4n) is 3.37. The molecule has 1 aromatic carbocycles. The number of benzene rings is 1. The molecule has 0 fully saturated rings. The number of aryl methyl sites for hydroxylation is 2. The third-order valence-corrected chi connectivity index (χ3v) is 4.52. The molecule has 1 aliphatic rings. The zero-order valence-electron chi connectivity index (χ0n) is 12.3. The number of likely N-dealkylation sites (N-methyl/N-ethyl adjacent to an activating group) is 1. The molecule has 2 aromatic rings. The van der Waals surface area contributed by atoms with Crippen molar-refractivity contribution in [1.82, 2.24) is 15.1 Å². The minimum absolute atomic E-state index is 0.512. The van der Waals surface area contributed by atoms with Gasteiger partial charge in [-0.2, -0.15) is 5.10 Å². The van der Waals surface area contributed by atoms with Crippen molar-refractivity contribution in [3.05, 3.63) is 53.3 Å². The van der Waals surface area contributed by atoms with Crippen molar-refractivity contribution in [2.75, 3.05) is 7.05 Å². The lowest BCUT2D eigenvalue weighted by atomic mass is 9.79. The van der Waals surface area contributed by atoms with E-state index in [0.29, 0.717) is 12.0 Å². The first-order valence-corrected chi connectivity index (χ1v) is 7.49. The Hall–Kier alpha value is -1.61. The van der Waals surface area contributed by atoms with Gasteiger partial charge in [0, 0.05) is 25.7 Å². The second-order valence-corrected chi connectivity index (χ2v) is 5.85. The molecular formula is C17H23N3. The van der Waals surface area contributed by atoms with Gasteiger partial charge in [-0.3, -0.25) is 4.68 Å². The molecule has 0 radical (unpaired) electrons. The molecule has 1 aromatic heterocycles. The van der Waals surface area contributed by atoms with Gasteiger partial charge in [-0.1, -0.05) is 24.3 Å². The number of nitrogens with one attached hydrogen (secondary N) is 1. The summed E-state index contributed by atoms with van der Waals surface area (Å²) < 4.78 is 1.89. The Morgan fingerprint density at radius 2 is 2.10 bits per heavy atom. The Labute approximate surface area is 121 Å². The zero-order valence-corrected chi connectivity index (χ0v) is 12.3. The number of nitrogens with zero attached hydrogens (tertiary/aromatic N) is 2. The third kappa shape index (κ3) is 2.78. The van der Waals surface area contributed by atoms with Crippen LogP contribution in [0.3, 0.4) is 0 Å².